The molecule has 0 saturated carbocycles. The van der Waals surface area contributed by atoms with Gasteiger partial charge in [0.1, 0.15) is 0 Å². The molecule has 0 saturated heterocycles. The van der Waals surface area contributed by atoms with E-state index in [9.17, 15) is 10.1 Å². The molecule has 1 aromatic carbocycles. The summed E-state index contributed by atoms with van der Waals surface area (Å²) in [5, 5.41) is 24.4. The molecule has 0 aliphatic heterocycles. The number of hydrogen-bond donors (Lipinski definition) is 2. The second-order valence-corrected chi connectivity index (χ2v) is 3.87. The number of nitro groups is 1. The van der Waals surface area contributed by atoms with E-state index >= 15 is 0 Å². The van der Waals surface area contributed by atoms with Gasteiger partial charge in [-0.1, -0.05) is 5.21 Å². The standard InChI is InChI=1S/C11H14N6O2/c1-12-9-6-10(8-11(7-9)17(18)19)13-2-4-16-5-3-14-15-16/h3,5-8,12-13H,2,4H2,1H3. The van der Waals surface area contributed by atoms with Crippen LogP contribution in [0.25, 0.3) is 0 Å². The van der Waals surface area contributed by atoms with Gasteiger partial charge in [-0.05, 0) is 6.07 Å². The highest BCUT2D eigenvalue weighted by atomic mass is 16.6. The number of hydrogen-bond acceptors (Lipinski definition) is 6. The maximum absolute atomic E-state index is 10.8. The lowest BCUT2D eigenvalue weighted by molar-refractivity contribution is -0.384. The third kappa shape index (κ3) is 3.41. The summed E-state index contributed by atoms with van der Waals surface area (Å²) in [7, 11) is 1.72. The molecule has 0 radical (unpaired) electrons. The van der Waals surface area contributed by atoms with Crippen LogP contribution in [-0.4, -0.2) is 33.5 Å². The fourth-order valence-electron chi connectivity index (χ4n) is 1.63. The van der Waals surface area contributed by atoms with Gasteiger partial charge in [0.25, 0.3) is 5.69 Å². The number of non-ortho nitro benzene ring substituents is 1. The Morgan fingerprint density at radius 1 is 1.37 bits per heavy atom. The van der Waals surface area contributed by atoms with E-state index in [2.05, 4.69) is 20.9 Å². The molecule has 2 aromatic rings. The zero-order valence-electron chi connectivity index (χ0n) is 10.4. The molecule has 19 heavy (non-hydrogen) atoms. The van der Waals surface area contributed by atoms with Crippen molar-refractivity contribution in [1.29, 1.82) is 0 Å². The maximum Gasteiger partial charge on any atom is 0.273 e. The fourth-order valence-corrected chi connectivity index (χ4v) is 1.63. The minimum Gasteiger partial charge on any atom is -0.388 e. The molecule has 0 atom stereocenters. The van der Waals surface area contributed by atoms with Gasteiger partial charge in [0.2, 0.25) is 0 Å². The van der Waals surface area contributed by atoms with Gasteiger partial charge < -0.3 is 10.6 Å². The lowest BCUT2D eigenvalue weighted by atomic mass is 10.2. The Morgan fingerprint density at radius 3 is 2.79 bits per heavy atom. The Hall–Kier alpha value is -2.64. The largest absolute Gasteiger partial charge is 0.388 e. The second-order valence-electron chi connectivity index (χ2n) is 3.87. The molecular weight excluding hydrogens is 248 g/mol. The minimum absolute atomic E-state index is 0.0510. The summed E-state index contributed by atoms with van der Waals surface area (Å²) < 4.78 is 1.68. The van der Waals surface area contributed by atoms with Crippen molar-refractivity contribution < 1.29 is 4.92 Å². The summed E-state index contributed by atoms with van der Waals surface area (Å²) >= 11 is 0. The first kappa shape index (κ1) is 12.8. The van der Waals surface area contributed by atoms with E-state index in [1.807, 2.05) is 6.07 Å². The summed E-state index contributed by atoms with van der Waals surface area (Å²) in [5.41, 5.74) is 1.44. The smallest absolute Gasteiger partial charge is 0.273 e. The number of rotatable bonds is 6. The molecule has 100 valence electrons. The van der Waals surface area contributed by atoms with Gasteiger partial charge in [-0.2, -0.15) is 0 Å². The Kier molecular flexibility index (Phi) is 3.91. The zero-order chi connectivity index (χ0) is 13.7. The molecular formula is C11H14N6O2. The van der Waals surface area contributed by atoms with Crippen molar-refractivity contribution in [3.05, 3.63) is 40.7 Å². The van der Waals surface area contributed by atoms with Crippen LogP contribution in [0.1, 0.15) is 0 Å². The molecule has 1 aromatic heterocycles. The van der Waals surface area contributed by atoms with Crippen molar-refractivity contribution in [2.24, 2.45) is 0 Å². The van der Waals surface area contributed by atoms with E-state index in [4.69, 9.17) is 0 Å². The first-order chi connectivity index (χ1) is 9.19. The van der Waals surface area contributed by atoms with E-state index in [-0.39, 0.29) is 5.69 Å². The van der Waals surface area contributed by atoms with Crippen LogP contribution < -0.4 is 10.6 Å². The molecule has 0 amide bonds. The molecule has 8 heteroatoms. The van der Waals surface area contributed by atoms with Crippen molar-refractivity contribution >= 4 is 17.1 Å². The van der Waals surface area contributed by atoms with Crippen LogP contribution in [0.5, 0.6) is 0 Å². The van der Waals surface area contributed by atoms with Gasteiger partial charge in [-0.25, -0.2) is 0 Å². The van der Waals surface area contributed by atoms with Gasteiger partial charge in [0.15, 0.2) is 0 Å². The van der Waals surface area contributed by atoms with E-state index in [0.29, 0.717) is 24.5 Å². The van der Waals surface area contributed by atoms with Crippen LogP contribution >= 0.6 is 0 Å². The topological polar surface area (TPSA) is 97.9 Å². The minimum atomic E-state index is -0.413. The molecule has 0 aliphatic carbocycles. The van der Waals surface area contributed by atoms with Crippen molar-refractivity contribution in [2.75, 3.05) is 24.2 Å². The van der Waals surface area contributed by atoms with Crippen LogP contribution in [0.15, 0.2) is 30.6 Å². The average molecular weight is 262 g/mol. The quantitative estimate of drug-likeness (QED) is 0.602. The first-order valence-electron chi connectivity index (χ1n) is 5.74. The highest BCUT2D eigenvalue weighted by molar-refractivity contribution is 5.63. The van der Waals surface area contributed by atoms with Crippen molar-refractivity contribution in [2.45, 2.75) is 6.54 Å². The van der Waals surface area contributed by atoms with Crippen LogP contribution in [0.3, 0.4) is 0 Å². The summed E-state index contributed by atoms with van der Waals surface area (Å²) in [6.07, 6.45) is 3.36. The number of aromatic nitrogens is 3. The molecule has 2 rings (SSSR count). The molecule has 2 N–H and O–H groups in total. The van der Waals surface area contributed by atoms with Crippen LogP contribution in [0, 0.1) is 10.1 Å². The van der Waals surface area contributed by atoms with Crippen molar-refractivity contribution in [1.82, 2.24) is 15.0 Å². The van der Waals surface area contributed by atoms with E-state index in [1.54, 1.807) is 24.1 Å². The lowest BCUT2D eigenvalue weighted by Gasteiger charge is -2.08. The fraction of sp³-hybridized carbons (Fsp3) is 0.273. The highest BCUT2D eigenvalue weighted by Crippen LogP contribution is 2.23. The highest BCUT2D eigenvalue weighted by Gasteiger charge is 2.08. The second kappa shape index (κ2) is 5.80. The Balaban J connectivity index is 2.02. The van der Waals surface area contributed by atoms with E-state index in [0.717, 1.165) is 0 Å². The van der Waals surface area contributed by atoms with Crippen LogP contribution in [0.2, 0.25) is 0 Å². The van der Waals surface area contributed by atoms with E-state index in [1.165, 1.54) is 12.1 Å². The Labute approximate surface area is 109 Å². The number of nitrogens with zero attached hydrogens (tertiary/aromatic N) is 4. The van der Waals surface area contributed by atoms with Gasteiger partial charge in [0.05, 0.1) is 17.7 Å². The molecule has 0 spiro atoms. The van der Waals surface area contributed by atoms with Gasteiger partial charge in [-0.3, -0.25) is 14.8 Å². The lowest BCUT2D eigenvalue weighted by Crippen LogP contribution is -2.11. The van der Waals surface area contributed by atoms with Crippen molar-refractivity contribution in [3.63, 3.8) is 0 Å². The van der Waals surface area contributed by atoms with Gasteiger partial charge in [0, 0.05) is 43.3 Å². The first-order valence-corrected chi connectivity index (χ1v) is 5.74. The van der Waals surface area contributed by atoms with Crippen LogP contribution in [-0.2, 0) is 6.54 Å². The summed E-state index contributed by atoms with van der Waals surface area (Å²) in [4.78, 5) is 10.4. The molecule has 0 aliphatic rings. The summed E-state index contributed by atoms with van der Waals surface area (Å²) in [6, 6.07) is 4.80. The Bertz CT molecular complexity index is 554. The zero-order valence-corrected chi connectivity index (χ0v) is 10.4. The normalized spacial score (nSPS) is 10.2. The molecule has 0 fully saturated rings. The number of nitro benzene ring substituents is 1. The third-order valence-electron chi connectivity index (χ3n) is 2.56. The molecule has 8 nitrogen and oxygen atoms in total. The molecule has 0 unspecified atom stereocenters. The third-order valence-corrected chi connectivity index (χ3v) is 2.56. The summed E-state index contributed by atoms with van der Waals surface area (Å²) in [5.74, 6) is 0. The van der Waals surface area contributed by atoms with Gasteiger partial charge >= 0.3 is 0 Å². The van der Waals surface area contributed by atoms with E-state index < -0.39 is 4.92 Å². The van der Waals surface area contributed by atoms with Crippen molar-refractivity contribution in [3.8, 4) is 0 Å². The predicted molar refractivity (Wildman–Crippen MR) is 71.2 cm³/mol. The number of nitrogens with one attached hydrogen (secondary N) is 2. The monoisotopic (exact) mass is 262 g/mol. The molecule has 0 bridgehead atoms. The predicted octanol–water partition coefficient (Wildman–Crippen LogP) is 1.34. The maximum atomic E-state index is 10.8. The average Bonchev–Trinajstić information content (AvgIpc) is 2.91. The SMILES string of the molecule is CNc1cc(NCCn2ccnn2)cc([N+](=O)[O-])c1. The summed E-state index contributed by atoms with van der Waals surface area (Å²) in [6.45, 7) is 1.24. The Morgan fingerprint density at radius 2 is 2.16 bits per heavy atom. The van der Waals surface area contributed by atoms with Crippen LogP contribution in [0.4, 0.5) is 17.1 Å². The van der Waals surface area contributed by atoms with Gasteiger partial charge in [-0.15, -0.1) is 5.10 Å². The number of benzene rings is 1. The molecule has 1 heterocycles. The number of anilines is 2.